The van der Waals surface area contributed by atoms with Crippen LogP contribution in [0, 0.1) is 3.57 Å². The minimum absolute atomic E-state index is 0.0796. The molecule has 2 heterocycles. The molecule has 0 radical (unpaired) electrons. The number of aryl methyl sites for hydroxylation is 1. The summed E-state index contributed by atoms with van der Waals surface area (Å²) in [5, 5.41) is 9.27. The van der Waals surface area contributed by atoms with E-state index in [-0.39, 0.29) is 11.2 Å². The third kappa shape index (κ3) is 2.54. The summed E-state index contributed by atoms with van der Waals surface area (Å²) in [4.78, 5) is 40.9. The molecular formula is C15H13IN4O4. The Bertz CT molecular complexity index is 1050. The largest absolute Gasteiger partial charge is 0.464 e. The topological polar surface area (TPSA) is 99.1 Å². The molecule has 8 nitrogen and oxygen atoms in total. The van der Waals surface area contributed by atoms with E-state index in [0.717, 1.165) is 19.0 Å². The Labute approximate surface area is 149 Å². The maximum Gasteiger partial charge on any atom is 0.417 e. The van der Waals surface area contributed by atoms with E-state index in [1.165, 1.54) is 4.57 Å². The third-order valence-electron chi connectivity index (χ3n) is 3.57. The Morgan fingerprint density at radius 2 is 1.92 bits per heavy atom. The second kappa shape index (κ2) is 6.23. The fourth-order valence-corrected chi connectivity index (χ4v) is 2.89. The van der Waals surface area contributed by atoms with Crippen LogP contribution in [0.1, 0.15) is 13.3 Å². The van der Waals surface area contributed by atoms with Gasteiger partial charge >= 0.3 is 11.8 Å². The molecule has 9 heteroatoms. The molecule has 0 atom stereocenters. The first-order valence-corrected chi connectivity index (χ1v) is 8.25. The predicted molar refractivity (Wildman–Crippen MR) is 96.0 cm³/mol. The summed E-state index contributed by atoms with van der Waals surface area (Å²) in [6, 6.07) is 6.83. The zero-order valence-corrected chi connectivity index (χ0v) is 14.8. The minimum Gasteiger partial charge on any atom is -0.464 e. The van der Waals surface area contributed by atoms with Gasteiger partial charge in [0.2, 0.25) is 0 Å². The maximum absolute atomic E-state index is 12.8. The van der Waals surface area contributed by atoms with Crippen molar-refractivity contribution >= 4 is 39.8 Å². The Hall–Kier alpha value is -2.43. The summed E-state index contributed by atoms with van der Waals surface area (Å²) in [7, 11) is 0. The Morgan fingerprint density at radius 3 is 2.50 bits per heavy atom. The number of rotatable bonds is 3. The van der Waals surface area contributed by atoms with Crippen LogP contribution in [0.3, 0.4) is 0 Å². The lowest BCUT2D eigenvalue weighted by atomic mass is 10.3. The lowest BCUT2D eigenvalue weighted by molar-refractivity contribution is 0.197. The van der Waals surface area contributed by atoms with Crippen LogP contribution in [0.4, 0.5) is 4.79 Å². The number of hydrogen-bond donors (Lipinski definition) is 1. The van der Waals surface area contributed by atoms with Gasteiger partial charge in [0.1, 0.15) is 6.33 Å². The first kappa shape index (κ1) is 16.4. The normalized spacial score (nSPS) is 11.1. The van der Waals surface area contributed by atoms with Crippen molar-refractivity contribution in [2.75, 3.05) is 0 Å². The number of benzene rings is 1. The molecule has 0 spiro atoms. The second-order valence-electron chi connectivity index (χ2n) is 5.12. The molecule has 0 fully saturated rings. The summed E-state index contributed by atoms with van der Waals surface area (Å²) in [5.41, 5.74) is -0.907. The van der Waals surface area contributed by atoms with Gasteiger partial charge in [-0.1, -0.05) is 6.92 Å². The number of aromatic nitrogens is 4. The maximum atomic E-state index is 12.8. The van der Waals surface area contributed by atoms with Crippen molar-refractivity contribution in [1.82, 2.24) is 18.7 Å². The van der Waals surface area contributed by atoms with Crippen LogP contribution in [0.25, 0.3) is 16.9 Å². The van der Waals surface area contributed by atoms with Crippen LogP contribution < -0.4 is 11.2 Å². The lowest BCUT2D eigenvalue weighted by Gasteiger charge is -2.11. The van der Waals surface area contributed by atoms with Crippen molar-refractivity contribution in [1.29, 1.82) is 0 Å². The van der Waals surface area contributed by atoms with Gasteiger partial charge < -0.3 is 5.11 Å². The zero-order valence-electron chi connectivity index (χ0n) is 12.6. The molecule has 0 saturated carbocycles. The van der Waals surface area contributed by atoms with Gasteiger partial charge in [0.15, 0.2) is 11.2 Å². The monoisotopic (exact) mass is 440 g/mol. The van der Waals surface area contributed by atoms with E-state index in [4.69, 9.17) is 0 Å². The molecule has 1 aromatic carbocycles. The molecule has 2 aromatic heterocycles. The van der Waals surface area contributed by atoms with Gasteiger partial charge in [-0.15, -0.1) is 0 Å². The Morgan fingerprint density at radius 1 is 1.25 bits per heavy atom. The fraction of sp³-hybridized carbons (Fsp3) is 0.200. The molecule has 3 aromatic rings. The molecule has 0 amide bonds. The van der Waals surface area contributed by atoms with Crippen molar-refractivity contribution in [3.63, 3.8) is 0 Å². The predicted octanol–water partition coefficient (Wildman–Crippen LogP) is 1.89. The van der Waals surface area contributed by atoms with E-state index in [2.05, 4.69) is 27.6 Å². The van der Waals surface area contributed by atoms with Crippen LogP contribution in [-0.2, 0) is 6.54 Å². The first-order chi connectivity index (χ1) is 11.5. The highest BCUT2D eigenvalue weighted by Gasteiger charge is 2.20. The van der Waals surface area contributed by atoms with Crippen molar-refractivity contribution in [3.8, 4) is 5.69 Å². The SMILES string of the molecule is CCCn1c(=O)n(-c2ccc(I)cc2)c(=O)c2c1ncn2C(=O)O. The van der Waals surface area contributed by atoms with Gasteiger partial charge in [-0.3, -0.25) is 9.36 Å². The molecule has 1 N–H and O–H groups in total. The van der Waals surface area contributed by atoms with Gasteiger partial charge in [-0.05, 0) is 53.3 Å². The van der Waals surface area contributed by atoms with E-state index in [1.54, 1.807) is 24.3 Å². The summed E-state index contributed by atoms with van der Waals surface area (Å²) < 4.78 is 4.01. The molecule has 0 aliphatic rings. The number of fused-ring (bicyclic) bond motifs is 1. The van der Waals surface area contributed by atoms with Gasteiger partial charge in [-0.25, -0.2) is 23.7 Å². The van der Waals surface area contributed by atoms with E-state index in [1.807, 2.05) is 6.92 Å². The summed E-state index contributed by atoms with van der Waals surface area (Å²) >= 11 is 2.12. The van der Waals surface area contributed by atoms with Crippen molar-refractivity contribution in [2.24, 2.45) is 0 Å². The van der Waals surface area contributed by atoms with E-state index < -0.39 is 17.3 Å². The fourth-order valence-electron chi connectivity index (χ4n) is 2.53. The average molecular weight is 440 g/mol. The smallest absolute Gasteiger partial charge is 0.417 e. The van der Waals surface area contributed by atoms with Crippen LogP contribution in [-0.4, -0.2) is 29.9 Å². The van der Waals surface area contributed by atoms with E-state index in [9.17, 15) is 19.5 Å². The third-order valence-corrected chi connectivity index (χ3v) is 4.29. The van der Waals surface area contributed by atoms with E-state index >= 15 is 0 Å². The van der Waals surface area contributed by atoms with Crippen LogP contribution >= 0.6 is 22.6 Å². The van der Waals surface area contributed by atoms with Crippen molar-refractivity contribution in [2.45, 2.75) is 19.9 Å². The zero-order chi connectivity index (χ0) is 17.4. The van der Waals surface area contributed by atoms with Crippen LogP contribution in [0.2, 0.25) is 0 Å². The number of imidazole rings is 1. The summed E-state index contributed by atoms with van der Waals surface area (Å²) in [6.07, 6.45) is 0.350. The summed E-state index contributed by atoms with van der Waals surface area (Å²) in [5.74, 6) is 0. The highest BCUT2D eigenvalue weighted by molar-refractivity contribution is 14.1. The molecule has 24 heavy (non-hydrogen) atoms. The van der Waals surface area contributed by atoms with Gasteiger partial charge in [-0.2, -0.15) is 0 Å². The molecular weight excluding hydrogens is 427 g/mol. The lowest BCUT2D eigenvalue weighted by Crippen LogP contribution is -2.39. The molecule has 0 saturated heterocycles. The molecule has 124 valence electrons. The van der Waals surface area contributed by atoms with Crippen molar-refractivity contribution < 1.29 is 9.90 Å². The van der Waals surface area contributed by atoms with Gasteiger partial charge in [0.25, 0.3) is 5.56 Å². The molecule has 3 rings (SSSR count). The number of carboxylic acid groups (broad SMARTS) is 1. The first-order valence-electron chi connectivity index (χ1n) is 7.17. The minimum atomic E-state index is -1.33. The van der Waals surface area contributed by atoms with Crippen LogP contribution in [0.5, 0.6) is 0 Å². The number of nitrogens with zero attached hydrogens (tertiary/aromatic N) is 4. The average Bonchev–Trinajstić information content (AvgIpc) is 2.99. The standard InChI is InChI=1S/C15H13IN4O4/c1-2-7-18-12-11(19(8-17-12)15(23)24)13(21)20(14(18)22)10-5-3-9(16)4-6-10/h3-6,8H,2,7H2,1H3,(H,23,24). The Kier molecular flexibility index (Phi) is 4.26. The Balaban J connectivity index is 2.47. The molecule has 0 bridgehead atoms. The van der Waals surface area contributed by atoms with Crippen LogP contribution in [0.15, 0.2) is 40.2 Å². The van der Waals surface area contributed by atoms with Gasteiger partial charge in [0, 0.05) is 10.1 Å². The van der Waals surface area contributed by atoms with Gasteiger partial charge in [0.05, 0.1) is 5.69 Å². The molecule has 0 aliphatic carbocycles. The number of hydrogen-bond acceptors (Lipinski definition) is 4. The highest BCUT2D eigenvalue weighted by Crippen LogP contribution is 2.12. The number of halogens is 1. The second-order valence-corrected chi connectivity index (χ2v) is 6.37. The highest BCUT2D eigenvalue weighted by atomic mass is 127. The molecule has 0 aliphatic heterocycles. The van der Waals surface area contributed by atoms with Crippen molar-refractivity contribution in [3.05, 3.63) is 55.0 Å². The number of carbonyl (C=O) groups is 1. The molecule has 0 unspecified atom stereocenters. The summed E-state index contributed by atoms with van der Waals surface area (Å²) in [6.45, 7) is 2.21. The quantitative estimate of drug-likeness (QED) is 0.628. The van der Waals surface area contributed by atoms with E-state index in [0.29, 0.717) is 18.7 Å².